The molecule has 1 N–H and O–H groups in total. The smallest absolute Gasteiger partial charge is 0.255 e. The number of aromatic nitrogens is 5. The van der Waals surface area contributed by atoms with Gasteiger partial charge < -0.3 is 5.32 Å². The molecule has 7 nitrogen and oxygen atoms in total. The van der Waals surface area contributed by atoms with Crippen molar-refractivity contribution in [3.63, 3.8) is 0 Å². The second-order valence-corrected chi connectivity index (χ2v) is 7.49. The molecule has 3 heterocycles. The molecule has 3 aromatic heterocycles. The van der Waals surface area contributed by atoms with Gasteiger partial charge >= 0.3 is 0 Å². The zero-order chi connectivity index (χ0) is 21.8. The first kappa shape index (κ1) is 19.7. The normalized spacial score (nSPS) is 11.0. The van der Waals surface area contributed by atoms with Crippen LogP contribution in [-0.4, -0.2) is 36.8 Å². The summed E-state index contributed by atoms with van der Waals surface area (Å²) >= 11 is 0. The average Bonchev–Trinajstić information content (AvgIpc) is 3.45. The molecule has 0 saturated carbocycles. The summed E-state index contributed by atoms with van der Waals surface area (Å²) in [6.45, 7) is 1.05. The number of hydrogen-bond donors (Lipinski definition) is 1. The van der Waals surface area contributed by atoms with E-state index in [4.69, 9.17) is 5.10 Å². The minimum atomic E-state index is -0.156. The van der Waals surface area contributed by atoms with Crippen LogP contribution < -0.4 is 5.32 Å². The van der Waals surface area contributed by atoms with Gasteiger partial charge in [0.25, 0.3) is 5.91 Å². The topological polar surface area (TPSA) is 77.1 Å². The van der Waals surface area contributed by atoms with Crippen molar-refractivity contribution in [2.45, 2.75) is 13.0 Å². The Kier molecular flexibility index (Phi) is 5.45. The van der Waals surface area contributed by atoms with Crippen LogP contribution in [0.1, 0.15) is 21.7 Å². The first-order chi connectivity index (χ1) is 15.8. The highest BCUT2D eigenvalue weighted by molar-refractivity contribution is 5.99. The first-order valence-corrected chi connectivity index (χ1v) is 10.5. The Morgan fingerprint density at radius 3 is 2.44 bits per heavy atom. The van der Waals surface area contributed by atoms with E-state index in [0.717, 1.165) is 22.6 Å². The molecule has 0 aliphatic rings. The van der Waals surface area contributed by atoms with Crippen molar-refractivity contribution < 1.29 is 4.79 Å². The van der Waals surface area contributed by atoms with E-state index in [0.29, 0.717) is 30.8 Å². The van der Waals surface area contributed by atoms with Gasteiger partial charge in [0.2, 0.25) is 0 Å². The Morgan fingerprint density at radius 1 is 0.875 bits per heavy atom. The lowest BCUT2D eigenvalue weighted by Crippen LogP contribution is -2.26. The summed E-state index contributed by atoms with van der Waals surface area (Å²) in [6, 6.07) is 25.6. The van der Waals surface area contributed by atoms with Crippen LogP contribution in [-0.2, 0) is 13.0 Å². The molecule has 5 aromatic rings. The molecule has 0 fully saturated rings. The minimum absolute atomic E-state index is 0.156. The Morgan fingerprint density at radius 2 is 1.62 bits per heavy atom. The number of nitrogens with one attached hydrogen (secondary N) is 1. The van der Waals surface area contributed by atoms with E-state index in [-0.39, 0.29) is 5.91 Å². The van der Waals surface area contributed by atoms with Crippen LogP contribution in [0.4, 0.5) is 0 Å². The Bertz CT molecular complexity index is 1340. The van der Waals surface area contributed by atoms with Crippen LogP contribution in [0.15, 0.2) is 91.3 Å². The molecule has 0 spiro atoms. The van der Waals surface area contributed by atoms with Gasteiger partial charge in [-0.05, 0) is 17.7 Å². The Labute approximate surface area is 185 Å². The summed E-state index contributed by atoms with van der Waals surface area (Å²) in [5.41, 5.74) is 4.06. The van der Waals surface area contributed by atoms with Gasteiger partial charge in [0, 0.05) is 30.9 Å². The van der Waals surface area contributed by atoms with E-state index in [2.05, 4.69) is 15.5 Å². The van der Waals surface area contributed by atoms with E-state index >= 15 is 0 Å². The maximum absolute atomic E-state index is 13.1. The fourth-order valence-electron chi connectivity index (χ4n) is 3.69. The Balaban J connectivity index is 1.35. The summed E-state index contributed by atoms with van der Waals surface area (Å²) in [6.07, 6.45) is 4.32. The molecular formula is C25H22N6O. The monoisotopic (exact) mass is 422 g/mol. The predicted molar refractivity (Wildman–Crippen MR) is 122 cm³/mol. The van der Waals surface area contributed by atoms with Crippen molar-refractivity contribution in [3.8, 4) is 11.3 Å². The van der Waals surface area contributed by atoms with Gasteiger partial charge in [0.05, 0.1) is 12.1 Å². The number of fused-ring (bicyclic) bond motifs is 1. The van der Waals surface area contributed by atoms with Gasteiger partial charge in [-0.1, -0.05) is 66.7 Å². The minimum Gasteiger partial charge on any atom is -0.351 e. The lowest BCUT2D eigenvalue weighted by atomic mass is 10.1. The maximum atomic E-state index is 13.1. The van der Waals surface area contributed by atoms with Gasteiger partial charge in [-0.3, -0.25) is 13.9 Å². The van der Waals surface area contributed by atoms with Gasteiger partial charge in [-0.25, -0.2) is 0 Å². The van der Waals surface area contributed by atoms with E-state index in [1.165, 1.54) is 0 Å². The molecule has 0 radical (unpaired) electrons. The van der Waals surface area contributed by atoms with E-state index in [9.17, 15) is 4.79 Å². The number of nitrogens with zero attached hydrogens (tertiary/aromatic N) is 5. The third-order valence-electron chi connectivity index (χ3n) is 5.26. The van der Waals surface area contributed by atoms with Crippen molar-refractivity contribution in [3.05, 3.63) is 108 Å². The van der Waals surface area contributed by atoms with Crippen LogP contribution >= 0.6 is 0 Å². The molecule has 0 aliphatic carbocycles. The van der Waals surface area contributed by atoms with Crippen LogP contribution in [0.2, 0.25) is 0 Å². The fraction of sp³-hybridized carbons (Fsp3) is 0.120. The summed E-state index contributed by atoms with van der Waals surface area (Å²) in [5.74, 6) is 0.654. The van der Waals surface area contributed by atoms with Crippen LogP contribution in [0.25, 0.3) is 16.9 Å². The number of hydrogen-bond acceptors (Lipinski definition) is 4. The maximum Gasteiger partial charge on any atom is 0.255 e. The largest absolute Gasteiger partial charge is 0.351 e. The lowest BCUT2D eigenvalue weighted by Gasteiger charge is -2.05. The number of amides is 1. The van der Waals surface area contributed by atoms with E-state index in [1.54, 1.807) is 0 Å². The SMILES string of the molecule is O=C(NCCc1nnc2ccccn12)c1cn(Cc2ccccc2)nc1-c1ccccc1. The molecular weight excluding hydrogens is 400 g/mol. The highest BCUT2D eigenvalue weighted by atomic mass is 16.1. The van der Waals surface area contributed by atoms with Crippen LogP contribution in [0.5, 0.6) is 0 Å². The number of carbonyl (C=O) groups is 1. The van der Waals surface area contributed by atoms with Gasteiger partial charge in [0.15, 0.2) is 5.65 Å². The molecule has 7 heteroatoms. The molecule has 0 saturated heterocycles. The second kappa shape index (κ2) is 8.85. The molecule has 0 bridgehead atoms. The van der Waals surface area contributed by atoms with Gasteiger partial charge in [0.1, 0.15) is 11.5 Å². The summed E-state index contributed by atoms with van der Waals surface area (Å²) in [7, 11) is 0. The predicted octanol–water partition coefficient (Wildman–Crippen LogP) is 3.61. The first-order valence-electron chi connectivity index (χ1n) is 10.5. The number of carbonyl (C=O) groups excluding carboxylic acids is 1. The number of pyridine rings is 1. The summed E-state index contributed by atoms with van der Waals surface area (Å²) in [5, 5.41) is 16.1. The number of benzene rings is 2. The number of rotatable bonds is 7. The molecule has 2 aromatic carbocycles. The standard InChI is InChI=1S/C25H22N6O/c32-25(26-15-14-23-28-27-22-13-7-8-16-31(22)23)21-18-30(17-19-9-3-1-4-10-19)29-24(21)20-11-5-2-6-12-20/h1-13,16,18H,14-15,17H2,(H,26,32). The van der Waals surface area contributed by atoms with Crippen molar-refractivity contribution in [1.29, 1.82) is 0 Å². The van der Waals surface area contributed by atoms with E-state index < -0.39 is 0 Å². The average molecular weight is 422 g/mol. The van der Waals surface area contributed by atoms with Crippen LogP contribution in [0.3, 0.4) is 0 Å². The second-order valence-electron chi connectivity index (χ2n) is 7.49. The quantitative estimate of drug-likeness (QED) is 0.435. The molecule has 0 unspecified atom stereocenters. The van der Waals surface area contributed by atoms with Crippen molar-refractivity contribution >= 4 is 11.6 Å². The van der Waals surface area contributed by atoms with Crippen molar-refractivity contribution in [2.75, 3.05) is 6.54 Å². The zero-order valence-corrected chi connectivity index (χ0v) is 17.4. The van der Waals surface area contributed by atoms with Gasteiger partial charge in [-0.15, -0.1) is 10.2 Å². The molecule has 0 atom stereocenters. The van der Waals surface area contributed by atoms with Crippen molar-refractivity contribution in [1.82, 2.24) is 29.7 Å². The third kappa shape index (κ3) is 4.13. The summed E-state index contributed by atoms with van der Waals surface area (Å²) < 4.78 is 3.75. The van der Waals surface area contributed by atoms with Gasteiger partial charge in [-0.2, -0.15) is 5.10 Å². The Hall–Kier alpha value is -4.26. The highest BCUT2D eigenvalue weighted by Gasteiger charge is 2.18. The molecule has 1 amide bonds. The fourth-order valence-corrected chi connectivity index (χ4v) is 3.69. The molecule has 5 rings (SSSR count). The third-order valence-corrected chi connectivity index (χ3v) is 5.26. The highest BCUT2D eigenvalue weighted by Crippen LogP contribution is 2.22. The molecule has 32 heavy (non-hydrogen) atoms. The molecule has 0 aliphatic heterocycles. The van der Waals surface area contributed by atoms with Crippen molar-refractivity contribution in [2.24, 2.45) is 0 Å². The lowest BCUT2D eigenvalue weighted by molar-refractivity contribution is 0.0954. The van der Waals surface area contributed by atoms with E-state index in [1.807, 2.05) is 100 Å². The summed E-state index contributed by atoms with van der Waals surface area (Å²) in [4.78, 5) is 13.1. The van der Waals surface area contributed by atoms with Crippen LogP contribution in [0, 0.1) is 0 Å². The zero-order valence-electron chi connectivity index (χ0n) is 17.4. The molecule has 158 valence electrons.